The van der Waals surface area contributed by atoms with E-state index < -0.39 is 83.9 Å². The number of fused-ring (bicyclic) bond motifs is 1. The van der Waals surface area contributed by atoms with E-state index in [1.807, 2.05) is 25.9 Å². The number of carbonyl (C=O) groups excluding carboxylic acids is 3. The Labute approximate surface area is 261 Å². The molecular weight excluding hydrogens is 576 g/mol. The number of cyclic esters (lactones) is 1. The molecule has 3 fully saturated rings. The summed E-state index contributed by atoms with van der Waals surface area (Å²) in [5.41, 5.74) is -2.58. The van der Waals surface area contributed by atoms with Crippen LogP contribution in [0.2, 0.25) is 0 Å². The van der Waals surface area contributed by atoms with Gasteiger partial charge in [-0.25, -0.2) is 4.79 Å². The molecule has 3 rings (SSSR count). The van der Waals surface area contributed by atoms with Crippen LogP contribution in [0, 0.1) is 17.8 Å². The number of methoxy groups -OCH3 is 1. The number of nitrogens with one attached hydrogen (secondary N) is 1. The molecule has 0 aliphatic carbocycles. The molecule has 254 valence electrons. The maximum atomic E-state index is 13.6. The number of likely N-dealkylation sites (N-methyl/N-ethyl adjacent to an activating group) is 1. The molecule has 0 aromatic carbocycles. The second kappa shape index (κ2) is 14.2. The van der Waals surface area contributed by atoms with Crippen molar-refractivity contribution in [1.82, 2.24) is 10.2 Å². The molecule has 13 heteroatoms. The zero-order chi connectivity index (χ0) is 33.3. The molecular formula is C31H54N2O11. The number of hydrogen-bond acceptors (Lipinski definition) is 12. The number of aliphatic hydroxyl groups excluding tert-OH is 2. The highest BCUT2D eigenvalue weighted by molar-refractivity contribution is 5.79. The SMILES string of the molecule is CC[C@H]1OC(=O)[C@H](C)[C@@H](O)[C@H](C)[C@@H](O[C@@H]2O[C@H](C)C[C@H](N(C)C)[C@H]2O)[C@](C)(OC)C[C@@H](C)C(=O)N[C@H](C)[C@H]2OC(=O)O[C@@]21C. The molecule has 3 heterocycles. The average Bonchev–Trinajstić information content (AvgIpc) is 3.28. The Kier molecular flexibility index (Phi) is 11.7. The number of carbonyl (C=O) groups is 3. The van der Waals surface area contributed by atoms with Crippen molar-refractivity contribution in [2.45, 2.75) is 141 Å². The monoisotopic (exact) mass is 630 g/mol. The molecule has 0 unspecified atom stereocenters. The normalized spacial score (nSPS) is 46.2. The van der Waals surface area contributed by atoms with Crippen LogP contribution in [0.5, 0.6) is 0 Å². The lowest BCUT2D eigenvalue weighted by Gasteiger charge is -2.47. The Morgan fingerprint density at radius 1 is 1.02 bits per heavy atom. The molecule has 0 radical (unpaired) electrons. The molecule has 3 aliphatic heterocycles. The Morgan fingerprint density at radius 2 is 1.66 bits per heavy atom. The van der Waals surface area contributed by atoms with Gasteiger partial charge in [0.25, 0.3) is 0 Å². The van der Waals surface area contributed by atoms with E-state index in [0.29, 0.717) is 6.42 Å². The number of hydrogen-bond donors (Lipinski definition) is 3. The Hall–Kier alpha value is -2.03. The van der Waals surface area contributed by atoms with Crippen LogP contribution >= 0.6 is 0 Å². The van der Waals surface area contributed by atoms with E-state index in [-0.39, 0.29) is 30.9 Å². The van der Waals surface area contributed by atoms with Crippen molar-refractivity contribution in [3.05, 3.63) is 0 Å². The maximum Gasteiger partial charge on any atom is 0.509 e. The first-order valence-corrected chi connectivity index (χ1v) is 15.7. The lowest BCUT2D eigenvalue weighted by molar-refractivity contribution is -0.301. The molecule has 13 nitrogen and oxygen atoms in total. The molecule has 3 N–H and O–H groups in total. The third-order valence-electron chi connectivity index (χ3n) is 9.87. The quantitative estimate of drug-likeness (QED) is 0.380. The van der Waals surface area contributed by atoms with Gasteiger partial charge in [-0.05, 0) is 68.0 Å². The van der Waals surface area contributed by atoms with Gasteiger partial charge in [-0.2, -0.15) is 0 Å². The minimum atomic E-state index is -1.39. The number of nitrogens with zero attached hydrogens (tertiary/aromatic N) is 1. The Balaban J connectivity index is 2.06. The minimum Gasteiger partial charge on any atom is -0.458 e. The van der Waals surface area contributed by atoms with Crippen LogP contribution in [0.4, 0.5) is 4.79 Å². The average molecular weight is 631 g/mol. The van der Waals surface area contributed by atoms with Crippen molar-refractivity contribution in [2.24, 2.45) is 17.8 Å². The lowest BCUT2D eigenvalue weighted by atomic mass is 9.77. The fourth-order valence-electron chi connectivity index (χ4n) is 7.04. The third-order valence-corrected chi connectivity index (χ3v) is 9.87. The van der Waals surface area contributed by atoms with E-state index in [1.54, 1.807) is 48.5 Å². The molecule has 0 saturated carbocycles. The van der Waals surface area contributed by atoms with Crippen molar-refractivity contribution in [3.8, 4) is 0 Å². The van der Waals surface area contributed by atoms with E-state index >= 15 is 0 Å². The summed E-state index contributed by atoms with van der Waals surface area (Å²) < 4.78 is 35.6. The summed E-state index contributed by atoms with van der Waals surface area (Å²) in [5.74, 6) is -3.45. The van der Waals surface area contributed by atoms with Crippen molar-refractivity contribution in [1.29, 1.82) is 0 Å². The van der Waals surface area contributed by atoms with Crippen LogP contribution in [0.1, 0.15) is 74.7 Å². The lowest BCUT2D eigenvalue weighted by Crippen LogP contribution is -2.59. The van der Waals surface area contributed by atoms with E-state index in [1.165, 1.54) is 7.11 Å². The first kappa shape index (κ1) is 36.4. The Bertz CT molecular complexity index is 1030. The van der Waals surface area contributed by atoms with Gasteiger partial charge in [-0.1, -0.05) is 20.8 Å². The van der Waals surface area contributed by atoms with E-state index in [9.17, 15) is 24.6 Å². The molecule has 0 aromatic rings. The summed E-state index contributed by atoms with van der Waals surface area (Å²) in [4.78, 5) is 41.3. The number of ether oxygens (including phenoxy) is 6. The molecule has 0 aromatic heterocycles. The summed E-state index contributed by atoms with van der Waals surface area (Å²) in [6.45, 7) is 13.8. The van der Waals surface area contributed by atoms with Gasteiger partial charge < -0.3 is 48.9 Å². The second-order valence-electron chi connectivity index (χ2n) is 13.6. The topological polar surface area (TPSA) is 162 Å². The van der Waals surface area contributed by atoms with Gasteiger partial charge in [0, 0.05) is 25.0 Å². The van der Waals surface area contributed by atoms with Gasteiger partial charge in [0.15, 0.2) is 18.0 Å². The van der Waals surface area contributed by atoms with Crippen molar-refractivity contribution in [3.63, 3.8) is 0 Å². The van der Waals surface area contributed by atoms with E-state index in [2.05, 4.69) is 5.32 Å². The second-order valence-corrected chi connectivity index (χ2v) is 13.6. The van der Waals surface area contributed by atoms with E-state index in [0.717, 1.165) is 0 Å². The van der Waals surface area contributed by atoms with Gasteiger partial charge in [0.1, 0.15) is 12.2 Å². The minimum absolute atomic E-state index is 0.147. The van der Waals surface area contributed by atoms with Crippen LogP contribution in [-0.2, 0) is 38.0 Å². The van der Waals surface area contributed by atoms with Crippen LogP contribution in [0.3, 0.4) is 0 Å². The number of esters is 1. The predicted molar refractivity (Wildman–Crippen MR) is 158 cm³/mol. The van der Waals surface area contributed by atoms with Crippen LogP contribution < -0.4 is 5.32 Å². The summed E-state index contributed by atoms with van der Waals surface area (Å²) >= 11 is 0. The molecule has 0 spiro atoms. The number of aliphatic hydroxyl groups is 2. The summed E-state index contributed by atoms with van der Waals surface area (Å²) in [7, 11) is 5.24. The highest BCUT2D eigenvalue weighted by Crippen LogP contribution is 2.39. The molecule has 14 atom stereocenters. The smallest absolute Gasteiger partial charge is 0.458 e. The Morgan fingerprint density at radius 3 is 2.23 bits per heavy atom. The first-order chi connectivity index (χ1) is 20.4. The predicted octanol–water partition coefficient (Wildman–Crippen LogP) is 2.00. The van der Waals surface area contributed by atoms with Crippen LogP contribution in [0.25, 0.3) is 0 Å². The van der Waals surface area contributed by atoms with Gasteiger partial charge >= 0.3 is 12.1 Å². The van der Waals surface area contributed by atoms with Gasteiger partial charge in [0.05, 0.1) is 35.9 Å². The van der Waals surface area contributed by atoms with Gasteiger partial charge in [0.2, 0.25) is 5.91 Å². The van der Waals surface area contributed by atoms with Crippen LogP contribution in [-0.4, -0.2) is 121 Å². The van der Waals surface area contributed by atoms with E-state index in [4.69, 9.17) is 28.4 Å². The van der Waals surface area contributed by atoms with Crippen molar-refractivity contribution < 1.29 is 53.0 Å². The van der Waals surface area contributed by atoms with Crippen molar-refractivity contribution in [2.75, 3.05) is 21.2 Å². The largest absolute Gasteiger partial charge is 0.509 e. The zero-order valence-electron chi connectivity index (χ0n) is 28.1. The third kappa shape index (κ3) is 7.33. The standard InChI is InChI=1S/C31H54N2O11/c1-12-21-31(8)25(43-29(38)44-31)19(6)32-26(36)15(2)14-30(7,39-11)24(17(4)22(34)18(5)27(37)41-21)42-28-23(35)20(33(9)10)13-16(3)40-28/h15-25,28,34-35H,12-14H2,1-11H3,(H,32,36)/t15-,16-,17+,18-,19-,20+,21-,22+,23-,24-,25-,28+,30-,31-/m1/s1. The fraction of sp³-hybridized carbons (Fsp3) is 0.903. The first-order valence-electron chi connectivity index (χ1n) is 15.7. The van der Waals surface area contributed by atoms with Crippen molar-refractivity contribution >= 4 is 18.0 Å². The number of rotatable bonds is 5. The van der Waals surface area contributed by atoms with Gasteiger partial charge in [-0.3, -0.25) is 9.59 Å². The van der Waals surface area contributed by atoms with Crippen LogP contribution in [0.15, 0.2) is 0 Å². The maximum absolute atomic E-state index is 13.6. The molecule has 0 bridgehead atoms. The molecule has 44 heavy (non-hydrogen) atoms. The summed E-state index contributed by atoms with van der Waals surface area (Å²) in [6, 6.07) is -0.944. The fourth-order valence-corrected chi connectivity index (χ4v) is 7.04. The molecule has 3 aliphatic rings. The highest BCUT2D eigenvalue weighted by atomic mass is 16.8. The van der Waals surface area contributed by atoms with Gasteiger partial charge in [-0.15, -0.1) is 0 Å². The molecule has 1 amide bonds. The summed E-state index contributed by atoms with van der Waals surface area (Å²) in [6.07, 6.45) is -6.32. The zero-order valence-corrected chi connectivity index (χ0v) is 28.1. The summed E-state index contributed by atoms with van der Waals surface area (Å²) in [5, 5.41) is 25.8. The molecule has 3 saturated heterocycles. The highest BCUT2D eigenvalue weighted by Gasteiger charge is 2.57. The number of amides is 1.